The number of nitrogens with one attached hydrogen (secondary N) is 1. The minimum atomic E-state index is -1.54. The van der Waals surface area contributed by atoms with Gasteiger partial charge in [-0.1, -0.05) is 85.3 Å². The van der Waals surface area contributed by atoms with Gasteiger partial charge in [0.15, 0.2) is 0 Å². The number of likely N-dealkylation sites (tertiary alicyclic amines) is 1. The summed E-state index contributed by atoms with van der Waals surface area (Å²) < 4.78 is 13.0. The number of allylic oxidation sites excluding steroid dienone is 1. The molecular weight excluding hydrogens is 622 g/mol. The van der Waals surface area contributed by atoms with Crippen LogP contribution in [0.25, 0.3) is 0 Å². The Kier molecular flexibility index (Phi) is 9.29. The predicted molar refractivity (Wildman–Crippen MR) is 175 cm³/mol. The van der Waals surface area contributed by atoms with Crippen LogP contribution in [0.15, 0.2) is 72.8 Å². The molecule has 248 valence electrons. The van der Waals surface area contributed by atoms with Gasteiger partial charge in [0.1, 0.15) is 23.7 Å². The fourth-order valence-corrected chi connectivity index (χ4v) is 7.94. The topological polar surface area (TPSA) is 125 Å². The molecule has 2 aromatic carbocycles. The average Bonchev–Trinajstić information content (AvgIpc) is 3.44. The van der Waals surface area contributed by atoms with Gasteiger partial charge < -0.3 is 29.7 Å². The molecule has 0 aliphatic carbocycles. The fraction of sp³-hybridized carbons (Fsp3) is 0.444. The lowest BCUT2D eigenvalue weighted by Crippen LogP contribution is -2.58. The molecule has 8 atom stereocenters. The van der Waals surface area contributed by atoms with Crippen LogP contribution in [0.4, 0.5) is 5.69 Å². The monoisotopic (exact) mass is 661 g/mol. The van der Waals surface area contributed by atoms with Crippen LogP contribution in [-0.2, 0) is 28.7 Å². The van der Waals surface area contributed by atoms with Crippen LogP contribution in [0.1, 0.15) is 50.3 Å². The maximum atomic E-state index is 14.8. The number of fused-ring (bicyclic) bond motifs is 2. The Bertz CT molecular complexity index is 1590. The summed E-state index contributed by atoms with van der Waals surface area (Å²) in [6, 6.07) is 12.0. The average molecular weight is 662 g/mol. The summed E-state index contributed by atoms with van der Waals surface area (Å²) in [4.78, 5) is 59.7. The number of aliphatic hydroxyl groups excluding tert-OH is 1. The van der Waals surface area contributed by atoms with Crippen molar-refractivity contribution in [3.05, 3.63) is 89.0 Å². The number of benzene rings is 2. The summed E-state index contributed by atoms with van der Waals surface area (Å²) in [6.45, 7) is 5.25. The van der Waals surface area contributed by atoms with Crippen LogP contribution < -0.4 is 10.2 Å². The molecule has 2 saturated heterocycles. The number of cyclic esters (lactones) is 1. The lowest BCUT2D eigenvalue weighted by molar-refractivity contribution is -0.161. The highest BCUT2D eigenvalue weighted by Gasteiger charge is 2.72. The third kappa shape index (κ3) is 5.66. The molecule has 2 N–H and O–H groups in total. The molecule has 6 rings (SSSR count). The van der Waals surface area contributed by atoms with Gasteiger partial charge in [-0.15, -0.1) is 0 Å². The van der Waals surface area contributed by atoms with E-state index >= 15 is 0 Å². The Balaban J connectivity index is 1.48. The minimum absolute atomic E-state index is 0.159. The molecule has 4 aliphatic rings. The van der Waals surface area contributed by atoms with E-state index in [1.165, 1.54) is 4.90 Å². The number of esters is 1. The van der Waals surface area contributed by atoms with Gasteiger partial charge in [0.2, 0.25) is 11.8 Å². The van der Waals surface area contributed by atoms with Gasteiger partial charge >= 0.3 is 5.97 Å². The maximum Gasteiger partial charge on any atom is 0.313 e. The molecular formula is C36H40ClN3O7. The first-order valence-corrected chi connectivity index (χ1v) is 16.6. The number of halogens is 1. The Labute approximate surface area is 279 Å². The molecule has 0 radical (unpaired) electrons. The van der Waals surface area contributed by atoms with Crippen molar-refractivity contribution in [2.75, 3.05) is 18.1 Å². The molecule has 4 heterocycles. The van der Waals surface area contributed by atoms with Crippen molar-refractivity contribution in [2.24, 2.45) is 11.8 Å². The van der Waals surface area contributed by atoms with Gasteiger partial charge in [-0.3, -0.25) is 19.2 Å². The number of aliphatic hydroxyl groups is 1. The van der Waals surface area contributed by atoms with Crippen LogP contribution in [0.2, 0.25) is 5.02 Å². The molecule has 2 aromatic rings. The van der Waals surface area contributed by atoms with Gasteiger partial charge in [0.05, 0.1) is 41.4 Å². The zero-order valence-corrected chi connectivity index (χ0v) is 27.4. The lowest BCUT2D eigenvalue weighted by Gasteiger charge is -2.38. The second-order valence-electron chi connectivity index (χ2n) is 12.7. The summed E-state index contributed by atoms with van der Waals surface area (Å²) in [5.74, 6) is -3.98. The molecule has 4 aliphatic heterocycles. The normalized spacial score (nSPS) is 32.3. The number of amides is 3. The zero-order valence-electron chi connectivity index (χ0n) is 26.7. The zero-order chi connectivity index (χ0) is 33.5. The van der Waals surface area contributed by atoms with E-state index in [0.29, 0.717) is 29.1 Å². The number of rotatable bonds is 5. The van der Waals surface area contributed by atoms with Crippen molar-refractivity contribution in [3.8, 4) is 0 Å². The number of aryl methyl sites for hydroxylation is 1. The number of hydrogen-bond acceptors (Lipinski definition) is 7. The Hall–Kier alpha value is -3.99. The van der Waals surface area contributed by atoms with Crippen LogP contribution in [0.3, 0.4) is 0 Å². The van der Waals surface area contributed by atoms with E-state index in [1.54, 1.807) is 48.3 Å². The standard InChI is InChI=1S/C36H40ClN3O7/c1-4-24(20-41)40-32-34(44)39(30-21(2)12-10-15-25(30)37)19-11-18-36(32)29(33(40)43)28-26(47-36)16-8-9-17-27(42)38-22(3)31(46-35(28)45)23-13-6-5-7-14-23/h5-8,10-16,18,22,24,26,28-29,31-32,41H,4,9,17,19-20H2,1-3H3,(H,38,42)/b16-8-/t22-,24-,26-,28+,29+,31+,32-,36+/m0/s1. The fourth-order valence-electron chi connectivity index (χ4n) is 7.62. The summed E-state index contributed by atoms with van der Waals surface area (Å²) in [5.41, 5.74) is 0.447. The third-order valence-corrected chi connectivity index (χ3v) is 10.1. The molecule has 0 bridgehead atoms. The molecule has 2 fully saturated rings. The van der Waals surface area contributed by atoms with Crippen molar-refractivity contribution in [3.63, 3.8) is 0 Å². The van der Waals surface area contributed by atoms with E-state index < -0.39 is 65.6 Å². The van der Waals surface area contributed by atoms with Crippen molar-refractivity contribution in [2.45, 2.75) is 76.0 Å². The number of para-hydroxylation sites is 1. The van der Waals surface area contributed by atoms with Gasteiger partial charge in [-0.25, -0.2) is 0 Å². The maximum absolute atomic E-state index is 14.8. The molecule has 0 saturated carbocycles. The molecule has 0 aromatic heterocycles. The SMILES string of the molecule is CC[C@@H](CO)N1C(=O)[C@H]2[C@@H]3C(=O)O[C@@H](c4ccccc4)[C@H](C)NC(=O)CC/C=C\[C@@H]3O[C@]23C=CCN(c2c(C)cccc2Cl)C(=O)[C@H]13. The molecule has 0 unspecified atom stereocenters. The molecule has 10 nitrogen and oxygen atoms in total. The third-order valence-electron chi connectivity index (χ3n) is 9.82. The summed E-state index contributed by atoms with van der Waals surface area (Å²) >= 11 is 6.65. The Morgan fingerprint density at radius 1 is 1.06 bits per heavy atom. The first-order chi connectivity index (χ1) is 22.6. The lowest BCUT2D eigenvalue weighted by atomic mass is 9.77. The van der Waals surface area contributed by atoms with Crippen molar-refractivity contribution < 1.29 is 33.8 Å². The Morgan fingerprint density at radius 2 is 1.83 bits per heavy atom. The number of carbonyl (C=O) groups excluding carboxylic acids is 4. The van der Waals surface area contributed by atoms with E-state index in [1.807, 2.05) is 50.2 Å². The van der Waals surface area contributed by atoms with Crippen LogP contribution >= 0.6 is 11.6 Å². The smallest absolute Gasteiger partial charge is 0.313 e. The summed E-state index contributed by atoms with van der Waals surface area (Å²) in [5, 5.41) is 13.8. The van der Waals surface area contributed by atoms with E-state index in [4.69, 9.17) is 21.1 Å². The highest BCUT2D eigenvalue weighted by molar-refractivity contribution is 6.34. The van der Waals surface area contributed by atoms with Crippen LogP contribution in [0.5, 0.6) is 0 Å². The largest absolute Gasteiger partial charge is 0.455 e. The number of anilines is 1. The number of hydrogen-bond donors (Lipinski definition) is 2. The van der Waals surface area contributed by atoms with E-state index in [2.05, 4.69) is 5.32 Å². The first-order valence-electron chi connectivity index (χ1n) is 16.2. The first kappa shape index (κ1) is 32.9. The highest BCUT2D eigenvalue weighted by Crippen LogP contribution is 2.54. The summed E-state index contributed by atoms with van der Waals surface area (Å²) in [7, 11) is 0. The highest BCUT2D eigenvalue weighted by atomic mass is 35.5. The predicted octanol–water partition coefficient (Wildman–Crippen LogP) is 4.04. The van der Waals surface area contributed by atoms with Gasteiger partial charge in [0.25, 0.3) is 5.91 Å². The van der Waals surface area contributed by atoms with E-state index in [0.717, 1.165) is 5.56 Å². The quantitative estimate of drug-likeness (QED) is 0.366. The van der Waals surface area contributed by atoms with E-state index in [-0.39, 0.29) is 25.5 Å². The second-order valence-corrected chi connectivity index (χ2v) is 13.1. The van der Waals surface area contributed by atoms with Crippen molar-refractivity contribution in [1.29, 1.82) is 0 Å². The van der Waals surface area contributed by atoms with Crippen molar-refractivity contribution >= 4 is 41.0 Å². The van der Waals surface area contributed by atoms with Crippen molar-refractivity contribution in [1.82, 2.24) is 10.2 Å². The van der Waals surface area contributed by atoms with Gasteiger partial charge in [0, 0.05) is 13.0 Å². The number of carbonyl (C=O) groups is 4. The summed E-state index contributed by atoms with van der Waals surface area (Å²) in [6.07, 6.45) is 6.18. The van der Waals surface area contributed by atoms with Crippen LogP contribution in [-0.4, -0.2) is 76.7 Å². The van der Waals surface area contributed by atoms with Crippen LogP contribution in [0, 0.1) is 18.8 Å². The number of nitrogens with zero attached hydrogens (tertiary/aromatic N) is 2. The molecule has 47 heavy (non-hydrogen) atoms. The minimum Gasteiger partial charge on any atom is -0.455 e. The molecule has 11 heteroatoms. The van der Waals surface area contributed by atoms with Gasteiger partial charge in [-0.05, 0) is 43.9 Å². The van der Waals surface area contributed by atoms with E-state index in [9.17, 15) is 24.3 Å². The molecule has 1 spiro atoms. The van der Waals surface area contributed by atoms with Gasteiger partial charge in [-0.2, -0.15) is 0 Å². The Morgan fingerprint density at radius 3 is 2.53 bits per heavy atom. The molecule has 3 amide bonds. The number of ether oxygens (including phenoxy) is 2. The second kappa shape index (κ2) is 13.3.